The number of methoxy groups -OCH3 is 2. The third kappa shape index (κ3) is 5.35. The summed E-state index contributed by atoms with van der Waals surface area (Å²) >= 11 is 0. The predicted octanol–water partition coefficient (Wildman–Crippen LogP) is 1.44. The van der Waals surface area contributed by atoms with Crippen LogP contribution in [0.15, 0.2) is 42.5 Å². The van der Waals surface area contributed by atoms with Gasteiger partial charge in [-0.25, -0.2) is 0 Å². The van der Waals surface area contributed by atoms with E-state index in [1.807, 2.05) is 54.4 Å². The van der Waals surface area contributed by atoms with Crippen LogP contribution in [0.3, 0.4) is 0 Å². The van der Waals surface area contributed by atoms with Crippen molar-refractivity contribution in [3.63, 3.8) is 0 Å². The highest BCUT2D eigenvalue weighted by molar-refractivity contribution is 5.93. The number of likely N-dealkylation sites (N-methyl/N-ethyl adjacent to an activating group) is 1. The van der Waals surface area contributed by atoms with E-state index < -0.39 is 0 Å². The van der Waals surface area contributed by atoms with Crippen molar-refractivity contribution in [3.05, 3.63) is 59.2 Å². The van der Waals surface area contributed by atoms with Gasteiger partial charge in [-0.1, -0.05) is 12.1 Å². The fraction of sp³-hybridized carbons (Fsp3) is 0.417. The van der Waals surface area contributed by atoms with Crippen LogP contribution in [0, 0.1) is 0 Å². The number of hydrogen-bond acceptors (Lipinski definition) is 4. The molecule has 1 fully saturated rings. The molecule has 7 heteroatoms. The first-order valence-electron chi connectivity index (χ1n) is 10.6. The van der Waals surface area contributed by atoms with Gasteiger partial charge < -0.3 is 24.6 Å². The van der Waals surface area contributed by atoms with E-state index in [-0.39, 0.29) is 17.9 Å². The monoisotopic (exact) mass is 426 g/mol. The van der Waals surface area contributed by atoms with Gasteiger partial charge in [0.15, 0.2) is 6.54 Å². The molecular formula is C24H32N3O4+. The van der Waals surface area contributed by atoms with E-state index in [0.29, 0.717) is 18.7 Å². The molecule has 2 aromatic carbocycles. The van der Waals surface area contributed by atoms with Gasteiger partial charge in [0.1, 0.15) is 18.0 Å². The molecule has 1 unspecified atom stereocenters. The van der Waals surface area contributed by atoms with E-state index in [0.717, 1.165) is 46.9 Å². The van der Waals surface area contributed by atoms with Crippen molar-refractivity contribution < 1.29 is 24.0 Å². The fourth-order valence-corrected chi connectivity index (χ4v) is 4.18. The van der Waals surface area contributed by atoms with Crippen molar-refractivity contribution in [2.45, 2.75) is 25.4 Å². The van der Waals surface area contributed by atoms with Crippen molar-refractivity contribution in [3.8, 4) is 11.5 Å². The van der Waals surface area contributed by atoms with E-state index in [9.17, 15) is 9.59 Å². The molecule has 3 rings (SSSR count). The van der Waals surface area contributed by atoms with Crippen LogP contribution in [-0.4, -0.2) is 58.1 Å². The van der Waals surface area contributed by atoms with Gasteiger partial charge in [-0.05, 0) is 43.2 Å². The molecule has 0 bridgehead atoms. The van der Waals surface area contributed by atoms with Crippen molar-refractivity contribution in [1.82, 2.24) is 10.2 Å². The van der Waals surface area contributed by atoms with Crippen LogP contribution >= 0.6 is 0 Å². The Hall–Kier alpha value is -3.06. The summed E-state index contributed by atoms with van der Waals surface area (Å²) < 4.78 is 10.9. The lowest BCUT2D eigenvalue weighted by atomic mass is 10.0. The highest BCUT2D eigenvalue weighted by atomic mass is 16.5. The van der Waals surface area contributed by atoms with E-state index in [2.05, 4.69) is 5.32 Å². The number of quaternary nitrogens is 1. The number of benzene rings is 2. The fourth-order valence-electron chi connectivity index (χ4n) is 4.18. The summed E-state index contributed by atoms with van der Waals surface area (Å²) in [5, 5.41) is 2.62. The van der Waals surface area contributed by atoms with Crippen LogP contribution < -0.4 is 19.7 Å². The second-order valence-electron chi connectivity index (χ2n) is 7.94. The van der Waals surface area contributed by atoms with Gasteiger partial charge in [0.25, 0.3) is 11.8 Å². The van der Waals surface area contributed by atoms with Crippen LogP contribution in [0.2, 0.25) is 0 Å². The minimum atomic E-state index is -0.101. The SMILES string of the molecule is CNC(=O)c1ccc(C[NH+](C)CC(=O)N2CCC[C@@H]2c2cc(OC)ccc2OC)cc1. The minimum Gasteiger partial charge on any atom is -0.497 e. The normalized spacial score (nSPS) is 16.6. The maximum absolute atomic E-state index is 13.1. The number of nitrogens with one attached hydrogen (secondary N) is 2. The van der Waals surface area contributed by atoms with Gasteiger partial charge in [0, 0.05) is 30.3 Å². The van der Waals surface area contributed by atoms with Crippen LogP contribution in [-0.2, 0) is 11.3 Å². The first-order chi connectivity index (χ1) is 15.0. The topological polar surface area (TPSA) is 72.3 Å². The number of nitrogens with zero attached hydrogens (tertiary/aromatic N) is 1. The molecule has 0 saturated carbocycles. The van der Waals surface area contributed by atoms with Gasteiger partial charge in [0.05, 0.1) is 27.3 Å². The average Bonchev–Trinajstić information content (AvgIpc) is 3.28. The largest absolute Gasteiger partial charge is 0.497 e. The molecule has 2 amide bonds. The van der Waals surface area contributed by atoms with E-state index >= 15 is 0 Å². The van der Waals surface area contributed by atoms with E-state index in [4.69, 9.17) is 9.47 Å². The zero-order chi connectivity index (χ0) is 22.4. The lowest BCUT2D eigenvalue weighted by Crippen LogP contribution is -3.08. The second-order valence-corrected chi connectivity index (χ2v) is 7.94. The second kappa shape index (κ2) is 10.3. The van der Waals surface area contributed by atoms with Crippen molar-refractivity contribution in [2.24, 2.45) is 0 Å². The van der Waals surface area contributed by atoms with E-state index in [1.165, 1.54) is 0 Å². The highest BCUT2D eigenvalue weighted by Crippen LogP contribution is 2.38. The van der Waals surface area contributed by atoms with Crippen molar-refractivity contribution in [1.29, 1.82) is 0 Å². The Labute approximate surface area is 183 Å². The molecule has 166 valence electrons. The lowest BCUT2D eigenvalue weighted by molar-refractivity contribution is -0.885. The molecule has 0 radical (unpaired) electrons. The average molecular weight is 427 g/mol. The van der Waals surface area contributed by atoms with Gasteiger partial charge >= 0.3 is 0 Å². The summed E-state index contributed by atoms with van der Waals surface area (Å²) in [5.41, 5.74) is 2.72. The smallest absolute Gasteiger partial charge is 0.278 e. The maximum Gasteiger partial charge on any atom is 0.278 e. The highest BCUT2D eigenvalue weighted by Gasteiger charge is 2.33. The van der Waals surface area contributed by atoms with Crippen LogP contribution in [0.4, 0.5) is 0 Å². The van der Waals surface area contributed by atoms with Gasteiger partial charge in [-0.3, -0.25) is 9.59 Å². The number of amides is 2. The Kier molecular flexibility index (Phi) is 7.52. The maximum atomic E-state index is 13.1. The van der Waals surface area contributed by atoms with Crippen molar-refractivity contribution >= 4 is 11.8 Å². The molecule has 2 atom stereocenters. The Morgan fingerprint density at radius 1 is 1.13 bits per heavy atom. The Morgan fingerprint density at radius 3 is 2.52 bits per heavy atom. The molecular weight excluding hydrogens is 394 g/mol. The molecule has 7 nitrogen and oxygen atoms in total. The first-order valence-corrected chi connectivity index (χ1v) is 10.6. The van der Waals surface area contributed by atoms with Crippen LogP contribution in [0.5, 0.6) is 11.5 Å². The third-order valence-electron chi connectivity index (χ3n) is 5.77. The third-order valence-corrected chi connectivity index (χ3v) is 5.77. The summed E-state index contributed by atoms with van der Waals surface area (Å²) in [6.45, 7) is 1.86. The van der Waals surface area contributed by atoms with Crippen LogP contribution in [0.25, 0.3) is 0 Å². The number of carbonyl (C=O) groups is 2. The zero-order valence-electron chi connectivity index (χ0n) is 18.7. The van der Waals surface area contributed by atoms with Gasteiger partial charge in [-0.2, -0.15) is 0 Å². The Morgan fingerprint density at radius 2 is 1.87 bits per heavy atom. The van der Waals surface area contributed by atoms with Gasteiger partial charge in [-0.15, -0.1) is 0 Å². The van der Waals surface area contributed by atoms with Crippen LogP contribution in [0.1, 0.15) is 40.4 Å². The summed E-state index contributed by atoms with van der Waals surface area (Å²) in [7, 11) is 6.93. The summed E-state index contributed by atoms with van der Waals surface area (Å²) in [6.07, 6.45) is 1.88. The molecule has 1 aliphatic heterocycles. The molecule has 0 spiro atoms. The molecule has 1 saturated heterocycles. The standard InChI is InChI=1S/C24H31N3O4/c1-25-24(29)18-9-7-17(8-10-18)15-26(2)16-23(28)27-13-5-6-21(27)20-14-19(30-3)11-12-22(20)31-4/h7-12,14,21H,5-6,13,15-16H2,1-4H3,(H,25,29)/p+1/t21-/m1/s1. The molecule has 1 aliphatic rings. The zero-order valence-corrected chi connectivity index (χ0v) is 18.7. The molecule has 0 aromatic heterocycles. The number of ether oxygens (including phenoxy) is 2. The number of rotatable bonds is 8. The summed E-state index contributed by atoms with van der Waals surface area (Å²) in [6, 6.07) is 13.3. The number of carbonyl (C=O) groups excluding carboxylic acids is 2. The van der Waals surface area contributed by atoms with Crippen molar-refractivity contribution in [2.75, 3.05) is 41.4 Å². The molecule has 2 aromatic rings. The molecule has 0 aliphatic carbocycles. The first kappa shape index (κ1) is 22.6. The quantitative estimate of drug-likeness (QED) is 0.670. The summed E-state index contributed by atoms with van der Waals surface area (Å²) in [4.78, 5) is 27.9. The predicted molar refractivity (Wildman–Crippen MR) is 119 cm³/mol. The van der Waals surface area contributed by atoms with E-state index in [1.54, 1.807) is 21.3 Å². The number of hydrogen-bond donors (Lipinski definition) is 2. The summed E-state index contributed by atoms with van der Waals surface area (Å²) in [5.74, 6) is 1.57. The molecule has 31 heavy (non-hydrogen) atoms. The Bertz CT molecular complexity index is 914. The number of likely N-dealkylation sites (tertiary alicyclic amines) is 1. The lowest BCUT2D eigenvalue weighted by Gasteiger charge is -2.27. The minimum absolute atomic E-state index is 0.00260. The molecule has 1 heterocycles. The molecule has 2 N–H and O–H groups in total. The van der Waals surface area contributed by atoms with Gasteiger partial charge in [0.2, 0.25) is 0 Å². The Balaban J connectivity index is 1.66.